The predicted octanol–water partition coefficient (Wildman–Crippen LogP) is 5.34. The molecule has 1 N–H and O–H groups in total. The van der Waals surface area contributed by atoms with Gasteiger partial charge in [-0.2, -0.15) is 0 Å². The van der Waals surface area contributed by atoms with Crippen molar-refractivity contribution in [1.29, 1.82) is 0 Å². The minimum Gasteiger partial charge on any atom is -0.396 e. The second-order valence-corrected chi connectivity index (χ2v) is 7.40. The molecule has 0 spiro atoms. The maximum Gasteiger partial charge on any atom is 0.0459 e. The topological polar surface area (TPSA) is 20.2 Å². The summed E-state index contributed by atoms with van der Waals surface area (Å²) in [7, 11) is 0. The Hall–Kier alpha value is -0.300. The van der Waals surface area contributed by atoms with Gasteiger partial charge < -0.3 is 5.11 Å². The summed E-state index contributed by atoms with van der Waals surface area (Å²) in [6, 6.07) is 0. The molecule has 0 bridgehead atoms. The number of rotatable bonds is 7. The Bertz CT molecular complexity index is 257. The van der Waals surface area contributed by atoms with Gasteiger partial charge in [0.25, 0.3) is 0 Å². The molecule has 0 atom stereocenters. The molecule has 20 heavy (non-hydrogen) atoms. The SMILES string of the molecule is C=CCC[C@H]1CC[C@H](CCC2CCC(CO)CC2)CC1. The molecule has 2 rings (SSSR count). The van der Waals surface area contributed by atoms with E-state index in [2.05, 4.69) is 12.7 Å². The molecule has 0 aliphatic heterocycles. The molecule has 2 aliphatic carbocycles. The summed E-state index contributed by atoms with van der Waals surface area (Å²) in [4.78, 5) is 0. The number of hydrogen-bond donors (Lipinski definition) is 1. The molecule has 2 fully saturated rings. The summed E-state index contributed by atoms with van der Waals surface area (Å²) < 4.78 is 0. The van der Waals surface area contributed by atoms with E-state index in [-0.39, 0.29) is 0 Å². The van der Waals surface area contributed by atoms with E-state index >= 15 is 0 Å². The highest BCUT2D eigenvalue weighted by Crippen LogP contribution is 2.37. The quantitative estimate of drug-likeness (QED) is 0.623. The fraction of sp³-hybridized carbons (Fsp3) is 0.895. The molecule has 0 aromatic rings. The summed E-state index contributed by atoms with van der Waals surface area (Å²) in [5.74, 6) is 3.60. The van der Waals surface area contributed by atoms with Crippen molar-refractivity contribution >= 4 is 0 Å². The smallest absolute Gasteiger partial charge is 0.0459 e. The van der Waals surface area contributed by atoms with Crippen molar-refractivity contribution in [3.63, 3.8) is 0 Å². The lowest BCUT2D eigenvalue weighted by Gasteiger charge is -2.31. The van der Waals surface area contributed by atoms with Crippen molar-refractivity contribution in [3.05, 3.63) is 12.7 Å². The van der Waals surface area contributed by atoms with Crippen molar-refractivity contribution in [2.75, 3.05) is 6.61 Å². The minimum atomic E-state index is 0.418. The Morgan fingerprint density at radius 2 is 1.10 bits per heavy atom. The summed E-state index contributed by atoms with van der Waals surface area (Å²) in [5.41, 5.74) is 0. The highest BCUT2D eigenvalue weighted by molar-refractivity contribution is 4.78. The zero-order chi connectivity index (χ0) is 14.2. The molecule has 0 saturated heterocycles. The Morgan fingerprint density at radius 3 is 1.50 bits per heavy atom. The third kappa shape index (κ3) is 5.24. The Balaban J connectivity index is 1.56. The first-order valence-electron chi connectivity index (χ1n) is 9.03. The first kappa shape index (κ1) is 16.1. The largest absolute Gasteiger partial charge is 0.396 e. The average molecular weight is 278 g/mol. The fourth-order valence-corrected chi connectivity index (χ4v) is 4.34. The van der Waals surface area contributed by atoms with Crippen LogP contribution in [0.15, 0.2) is 12.7 Å². The second-order valence-electron chi connectivity index (χ2n) is 7.40. The summed E-state index contributed by atoms with van der Waals surface area (Å²) in [6.07, 6.45) is 18.8. The molecule has 1 nitrogen and oxygen atoms in total. The van der Waals surface area contributed by atoms with E-state index in [1.807, 2.05) is 0 Å². The molecular weight excluding hydrogens is 244 g/mol. The molecule has 2 saturated carbocycles. The summed E-state index contributed by atoms with van der Waals surface area (Å²) >= 11 is 0. The van der Waals surface area contributed by atoms with Crippen LogP contribution in [0.25, 0.3) is 0 Å². The molecule has 0 amide bonds. The van der Waals surface area contributed by atoms with Crippen molar-refractivity contribution in [1.82, 2.24) is 0 Å². The van der Waals surface area contributed by atoms with Gasteiger partial charge in [-0.3, -0.25) is 0 Å². The molecule has 2 aliphatic rings. The van der Waals surface area contributed by atoms with Crippen molar-refractivity contribution in [3.8, 4) is 0 Å². The molecule has 0 heterocycles. The number of aliphatic hydroxyl groups excluding tert-OH is 1. The monoisotopic (exact) mass is 278 g/mol. The van der Waals surface area contributed by atoms with E-state index in [0.29, 0.717) is 12.5 Å². The average Bonchev–Trinajstić information content (AvgIpc) is 2.52. The van der Waals surface area contributed by atoms with E-state index < -0.39 is 0 Å². The van der Waals surface area contributed by atoms with Crippen molar-refractivity contribution in [2.45, 2.75) is 77.0 Å². The lowest BCUT2D eigenvalue weighted by atomic mass is 9.75. The molecule has 0 unspecified atom stereocenters. The predicted molar refractivity (Wildman–Crippen MR) is 86.6 cm³/mol. The Morgan fingerprint density at radius 1 is 0.700 bits per heavy atom. The first-order valence-corrected chi connectivity index (χ1v) is 9.03. The van der Waals surface area contributed by atoms with Crippen LogP contribution in [0.4, 0.5) is 0 Å². The minimum absolute atomic E-state index is 0.418. The van der Waals surface area contributed by atoms with E-state index in [1.54, 1.807) is 0 Å². The van der Waals surface area contributed by atoms with E-state index in [0.717, 1.165) is 17.8 Å². The molecule has 0 aromatic heterocycles. The first-order chi connectivity index (χ1) is 9.81. The van der Waals surface area contributed by atoms with Gasteiger partial charge in [-0.1, -0.05) is 57.4 Å². The Kier molecular flexibility index (Phi) is 7.13. The van der Waals surface area contributed by atoms with Gasteiger partial charge in [0.1, 0.15) is 0 Å². The van der Waals surface area contributed by atoms with Crippen LogP contribution in [0, 0.1) is 23.7 Å². The molecule has 1 heteroatoms. The van der Waals surface area contributed by atoms with Crippen LogP contribution in [-0.4, -0.2) is 11.7 Å². The third-order valence-electron chi connectivity index (χ3n) is 5.95. The van der Waals surface area contributed by atoms with E-state index in [4.69, 9.17) is 0 Å². The van der Waals surface area contributed by atoms with Crippen LogP contribution >= 0.6 is 0 Å². The summed E-state index contributed by atoms with van der Waals surface area (Å²) in [5, 5.41) is 9.19. The number of aliphatic hydroxyl groups is 1. The zero-order valence-electron chi connectivity index (χ0n) is 13.2. The van der Waals surface area contributed by atoms with Crippen LogP contribution < -0.4 is 0 Å². The lowest BCUT2D eigenvalue weighted by molar-refractivity contribution is 0.157. The fourth-order valence-electron chi connectivity index (χ4n) is 4.34. The highest BCUT2D eigenvalue weighted by Gasteiger charge is 2.24. The van der Waals surface area contributed by atoms with Gasteiger partial charge in [0, 0.05) is 6.61 Å². The molecule has 0 radical (unpaired) electrons. The number of allylic oxidation sites excluding steroid dienone is 1. The number of hydrogen-bond acceptors (Lipinski definition) is 1. The maximum absolute atomic E-state index is 9.19. The highest BCUT2D eigenvalue weighted by atomic mass is 16.3. The Labute approximate surface area is 125 Å². The van der Waals surface area contributed by atoms with Crippen LogP contribution in [-0.2, 0) is 0 Å². The molecule has 0 aromatic carbocycles. The maximum atomic E-state index is 9.19. The second kappa shape index (κ2) is 8.87. The van der Waals surface area contributed by atoms with Crippen LogP contribution in [0.3, 0.4) is 0 Å². The van der Waals surface area contributed by atoms with Gasteiger partial charge in [0.2, 0.25) is 0 Å². The standard InChI is InChI=1S/C19H34O/c1-2-3-4-16-5-7-17(8-6-16)9-10-18-11-13-19(15-20)14-12-18/h2,16-20H,1,3-15H2/t16-,17-,18?,19?. The van der Waals surface area contributed by atoms with Gasteiger partial charge in [0.05, 0.1) is 0 Å². The van der Waals surface area contributed by atoms with Crippen LogP contribution in [0.5, 0.6) is 0 Å². The van der Waals surface area contributed by atoms with Crippen LogP contribution in [0.2, 0.25) is 0 Å². The molecule has 116 valence electrons. The summed E-state index contributed by atoms with van der Waals surface area (Å²) in [6.45, 7) is 4.26. The van der Waals surface area contributed by atoms with Gasteiger partial charge in [-0.25, -0.2) is 0 Å². The normalized spacial score (nSPS) is 34.9. The molecular formula is C19H34O. The van der Waals surface area contributed by atoms with Gasteiger partial charge in [-0.05, 0) is 49.4 Å². The van der Waals surface area contributed by atoms with Gasteiger partial charge >= 0.3 is 0 Å². The van der Waals surface area contributed by atoms with Crippen LogP contribution in [0.1, 0.15) is 77.0 Å². The van der Waals surface area contributed by atoms with E-state index in [9.17, 15) is 5.11 Å². The third-order valence-corrected chi connectivity index (χ3v) is 5.95. The van der Waals surface area contributed by atoms with Crippen molar-refractivity contribution in [2.24, 2.45) is 23.7 Å². The van der Waals surface area contributed by atoms with Gasteiger partial charge in [-0.15, -0.1) is 6.58 Å². The van der Waals surface area contributed by atoms with Gasteiger partial charge in [0.15, 0.2) is 0 Å². The zero-order valence-corrected chi connectivity index (χ0v) is 13.2. The van der Waals surface area contributed by atoms with Crippen molar-refractivity contribution < 1.29 is 5.11 Å². The van der Waals surface area contributed by atoms with E-state index in [1.165, 1.54) is 77.0 Å². The lowest BCUT2D eigenvalue weighted by Crippen LogP contribution is -2.19.